The minimum absolute atomic E-state index is 0.134. The molecule has 2 aliphatic carbocycles. The van der Waals surface area contributed by atoms with Crippen molar-refractivity contribution >= 4 is 12.9 Å². The molecule has 0 radical (unpaired) electrons. The molecule has 0 spiro atoms. The third-order valence-corrected chi connectivity index (χ3v) is 5.72. The van der Waals surface area contributed by atoms with E-state index < -0.39 is 7.60 Å². The molecule has 18 heavy (non-hydrogen) atoms. The fourth-order valence-corrected chi connectivity index (χ4v) is 4.25. The molecule has 2 saturated carbocycles. The third kappa shape index (κ3) is 2.54. The van der Waals surface area contributed by atoms with Gasteiger partial charge in [-0.2, -0.15) is 0 Å². The van der Waals surface area contributed by atoms with Crippen molar-refractivity contribution in [3.63, 3.8) is 0 Å². The van der Waals surface area contributed by atoms with Gasteiger partial charge in [-0.25, -0.2) is 0 Å². The maximum absolute atomic E-state index is 13.0. The van der Waals surface area contributed by atoms with Gasteiger partial charge in [-0.05, 0) is 56.7 Å². The summed E-state index contributed by atoms with van der Waals surface area (Å²) < 4.78 is 24.6. The van der Waals surface area contributed by atoms with Gasteiger partial charge < -0.3 is 9.05 Å². The molecule has 0 atom stereocenters. The topological polar surface area (TPSA) is 35.5 Å². The molecule has 0 heterocycles. The Morgan fingerprint density at radius 2 is 1.61 bits per heavy atom. The van der Waals surface area contributed by atoms with Crippen LogP contribution in [0.2, 0.25) is 0 Å². The Labute approximate surface area is 108 Å². The Balaban J connectivity index is 1.95. The molecule has 0 saturated heterocycles. The van der Waals surface area contributed by atoms with Gasteiger partial charge in [-0.3, -0.25) is 4.57 Å². The van der Waals surface area contributed by atoms with Crippen molar-refractivity contribution in [3.8, 4) is 0 Å². The summed E-state index contributed by atoms with van der Waals surface area (Å²) in [7, 11) is -3.12. The molecular formula is C14H19O3P. The third-order valence-electron chi connectivity index (χ3n) is 3.50. The molecule has 0 bridgehead atoms. The van der Waals surface area contributed by atoms with Crippen molar-refractivity contribution in [1.82, 2.24) is 0 Å². The highest BCUT2D eigenvalue weighted by molar-refractivity contribution is 7.62. The average molecular weight is 266 g/mol. The Kier molecular flexibility index (Phi) is 3.09. The first-order valence-corrected chi connectivity index (χ1v) is 8.16. The molecule has 3 nitrogen and oxygen atoms in total. The van der Waals surface area contributed by atoms with E-state index in [9.17, 15) is 4.57 Å². The molecule has 3 rings (SSSR count). The van der Waals surface area contributed by atoms with Crippen LogP contribution in [-0.2, 0) is 13.6 Å². The van der Waals surface area contributed by atoms with Crippen LogP contribution in [0.1, 0.15) is 36.8 Å². The lowest BCUT2D eigenvalue weighted by molar-refractivity contribution is 0.198. The number of aryl methyl sites for hydroxylation is 1. The fraction of sp³-hybridized carbons (Fsp3) is 0.571. The summed E-state index contributed by atoms with van der Waals surface area (Å²) in [6.07, 6.45) is 4.28. The Morgan fingerprint density at radius 3 is 2.11 bits per heavy atom. The van der Waals surface area contributed by atoms with E-state index in [1.165, 1.54) is 0 Å². The second-order valence-corrected chi connectivity index (χ2v) is 7.22. The highest BCUT2D eigenvalue weighted by Gasteiger charge is 2.41. The first kappa shape index (κ1) is 12.4. The van der Waals surface area contributed by atoms with E-state index in [0.717, 1.165) is 42.1 Å². The van der Waals surface area contributed by atoms with Gasteiger partial charge in [0.25, 0.3) is 0 Å². The van der Waals surface area contributed by atoms with Gasteiger partial charge >= 0.3 is 7.60 Å². The summed E-state index contributed by atoms with van der Waals surface area (Å²) in [5.74, 6) is 0. The smallest absolute Gasteiger partial charge is 0.302 e. The molecule has 0 N–H and O–H groups in total. The minimum Gasteiger partial charge on any atom is -0.302 e. The first-order chi connectivity index (χ1) is 8.58. The molecule has 1 aromatic carbocycles. The van der Waals surface area contributed by atoms with Crippen LogP contribution >= 0.6 is 7.60 Å². The SMILES string of the molecule is Cc1cccc(P(=O)(OC2CC2)OC2CC2)c1C. The first-order valence-electron chi connectivity index (χ1n) is 6.62. The highest BCUT2D eigenvalue weighted by atomic mass is 31.2. The molecule has 98 valence electrons. The molecule has 0 unspecified atom stereocenters. The second kappa shape index (κ2) is 4.48. The zero-order valence-corrected chi connectivity index (χ0v) is 11.8. The van der Waals surface area contributed by atoms with E-state index >= 15 is 0 Å². The van der Waals surface area contributed by atoms with E-state index in [2.05, 4.69) is 0 Å². The molecule has 0 amide bonds. The zero-order chi connectivity index (χ0) is 12.8. The summed E-state index contributed by atoms with van der Waals surface area (Å²) in [6, 6.07) is 5.84. The number of hydrogen-bond acceptors (Lipinski definition) is 3. The summed E-state index contributed by atoms with van der Waals surface area (Å²) in [4.78, 5) is 0. The van der Waals surface area contributed by atoms with E-state index in [1.807, 2.05) is 32.0 Å². The van der Waals surface area contributed by atoms with Gasteiger partial charge in [0.2, 0.25) is 0 Å². The van der Waals surface area contributed by atoms with Crippen molar-refractivity contribution in [1.29, 1.82) is 0 Å². The second-order valence-electron chi connectivity index (χ2n) is 5.33. The summed E-state index contributed by atoms with van der Waals surface area (Å²) in [5, 5.41) is 0.751. The van der Waals surface area contributed by atoms with Crippen LogP contribution in [0.25, 0.3) is 0 Å². The van der Waals surface area contributed by atoms with Gasteiger partial charge in [-0.1, -0.05) is 12.1 Å². The maximum Gasteiger partial charge on any atom is 0.362 e. The number of hydrogen-bond donors (Lipinski definition) is 0. The van der Waals surface area contributed by atoms with E-state index in [-0.39, 0.29) is 12.2 Å². The van der Waals surface area contributed by atoms with E-state index in [4.69, 9.17) is 9.05 Å². The van der Waals surface area contributed by atoms with Gasteiger partial charge in [-0.15, -0.1) is 0 Å². The predicted molar refractivity (Wildman–Crippen MR) is 71.4 cm³/mol. The van der Waals surface area contributed by atoms with Crippen LogP contribution < -0.4 is 5.30 Å². The van der Waals surface area contributed by atoms with Crippen molar-refractivity contribution in [2.24, 2.45) is 0 Å². The van der Waals surface area contributed by atoms with Crippen LogP contribution in [0, 0.1) is 13.8 Å². The van der Waals surface area contributed by atoms with Crippen molar-refractivity contribution in [2.75, 3.05) is 0 Å². The Hall–Kier alpha value is -0.630. The minimum atomic E-state index is -3.12. The largest absolute Gasteiger partial charge is 0.362 e. The molecule has 2 fully saturated rings. The average Bonchev–Trinajstić information content (AvgIpc) is 3.19. The Bertz CT molecular complexity index is 486. The molecular weight excluding hydrogens is 247 g/mol. The van der Waals surface area contributed by atoms with Gasteiger partial charge in [0, 0.05) is 0 Å². The maximum atomic E-state index is 13.0. The number of benzene rings is 1. The normalized spacial score (nSPS) is 20.1. The molecule has 4 heteroatoms. The van der Waals surface area contributed by atoms with E-state index in [1.54, 1.807) is 0 Å². The summed E-state index contributed by atoms with van der Waals surface area (Å²) in [6.45, 7) is 4.02. The molecule has 2 aliphatic rings. The highest BCUT2D eigenvalue weighted by Crippen LogP contribution is 2.56. The van der Waals surface area contributed by atoms with Gasteiger partial charge in [0.15, 0.2) is 0 Å². The Morgan fingerprint density at radius 1 is 1.06 bits per heavy atom. The standard InChI is InChI=1S/C14H19O3P/c1-10-4-3-5-14(11(10)2)18(15,16-12-6-7-12)17-13-8-9-13/h3-5,12-13H,6-9H2,1-2H3. The number of rotatable bonds is 5. The van der Waals surface area contributed by atoms with Crippen molar-refractivity contribution < 1.29 is 13.6 Å². The lowest BCUT2D eigenvalue weighted by atomic mass is 10.1. The van der Waals surface area contributed by atoms with E-state index in [0.29, 0.717) is 0 Å². The van der Waals surface area contributed by atoms with Gasteiger partial charge in [0.05, 0.1) is 17.5 Å². The van der Waals surface area contributed by atoms with Crippen LogP contribution in [0.15, 0.2) is 18.2 Å². The summed E-state index contributed by atoms with van der Waals surface area (Å²) in [5.41, 5.74) is 2.16. The van der Waals surface area contributed by atoms with Crippen LogP contribution in [-0.4, -0.2) is 12.2 Å². The monoisotopic (exact) mass is 266 g/mol. The van der Waals surface area contributed by atoms with Crippen LogP contribution in [0.4, 0.5) is 0 Å². The van der Waals surface area contributed by atoms with Crippen molar-refractivity contribution in [2.45, 2.75) is 51.7 Å². The van der Waals surface area contributed by atoms with Crippen LogP contribution in [0.3, 0.4) is 0 Å². The zero-order valence-electron chi connectivity index (χ0n) is 10.9. The summed E-state index contributed by atoms with van der Waals surface area (Å²) >= 11 is 0. The quantitative estimate of drug-likeness (QED) is 0.765. The van der Waals surface area contributed by atoms with Crippen LogP contribution in [0.5, 0.6) is 0 Å². The van der Waals surface area contributed by atoms with Gasteiger partial charge in [0.1, 0.15) is 0 Å². The van der Waals surface area contributed by atoms with Crippen molar-refractivity contribution in [3.05, 3.63) is 29.3 Å². The molecule has 0 aromatic heterocycles. The fourth-order valence-electron chi connectivity index (χ4n) is 1.91. The lowest BCUT2D eigenvalue weighted by Crippen LogP contribution is -2.16. The molecule has 1 aromatic rings. The predicted octanol–water partition coefficient (Wildman–Crippen LogP) is 3.48. The molecule has 0 aliphatic heterocycles. The lowest BCUT2D eigenvalue weighted by Gasteiger charge is -2.21.